The second kappa shape index (κ2) is 9.60. The number of amides is 1. The van der Waals surface area contributed by atoms with E-state index >= 15 is 0 Å². The van der Waals surface area contributed by atoms with Gasteiger partial charge in [0.25, 0.3) is 5.91 Å². The smallest absolute Gasteiger partial charge is 0.258 e. The summed E-state index contributed by atoms with van der Waals surface area (Å²) >= 11 is 0. The van der Waals surface area contributed by atoms with Crippen LogP contribution in [0.15, 0.2) is 59.6 Å². The van der Waals surface area contributed by atoms with Gasteiger partial charge >= 0.3 is 0 Å². The third-order valence-corrected chi connectivity index (χ3v) is 4.41. The Morgan fingerprint density at radius 2 is 1.80 bits per heavy atom. The Morgan fingerprint density at radius 1 is 1.07 bits per heavy atom. The minimum Gasteiger partial charge on any atom is -0.496 e. The number of nitrogens with zero attached hydrogens (tertiary/aromatic N) is 3. The van der Waals surface area contributed by atoms with Gasteiger partial charge in [0.05, 0.1) is 26.9 Å². The lowest BCUT2D eigenvalue weighted by Crippen LogP contribution is -2.31. The first-order valence-corrected chi connectivity index (χ1v) is 9.19. The molecule has 0 saturated heterocycles. The van der Waals surface area contributed by atoms with Crippen LogP contribution in [0.5, 0.6) is 17.2 Å². The van der Waals surface area contributed by atoms with Crippen LogP contribution in [-0.2, 0) is 6.54 Å². The third kappa shape index (κ3) is 4.43. The van der Waals surface area contributed by atoms with E-state index in [1.165, 1.54) is 7.11 Å². The summed E-state index contributed by atoms with van der Waals surface area (Å²) < 4.78 is 21.2. The summed E-state index contributed by atoms with van der Waals surface area (Å²) in [4.78, 5) is 19.0. The fraction of sp³-hybridized carbons (Fsp3) is 0.227. The van der Waals surface area contributed by atoms with Crippen LogP contribution >= 0.6 is 0 Å². The van der Waals surface area contributed by atoms with Crippen molar-refractivity contribution in [2.24, 2.45) is 0 Å². The van der Waals surface area contributed by atoms with Crippen molar-refractivity contribution in [2.45, 2.75) is 6.54 Å². The zero-order valence-electron chi connectivity index (χ0n) is 17.1. The highest BCUT2D eigenvalue weighted by atomic mass is 16.5. The van der Waals surface area contributed by atoms with Gasteiger partial charge in [-0.1, -0.05) is 23.4 Å². The standard InChI is InChI=1S/C22H23N3O5/c1-5-12-25(22(26)16-8-6-7-9-17(16)27-2)14-20-23-21(24-30-20)15-10-11-18(28-3)19(13-15)29-4/h5-11,13H,1,12,14H2,2-4H3. The number of carbonyl (C=O) groups excluding carboxylic acids is 1. The first-order valence-electron chi connectivity index (χ1n) is 9.19. The zero-order valence-corrected chi connectivity index (χ0v) is 17.1. The van der Waals surface area contributed by atoms with Crippen LogP contribution in [0.25, 0.3) is 11.4 Å². The highest BCUT2D eigenvalue weighted by Gasteiger charge is 2.21. The molecule has 0 radical (unpaired) electrons. The molecular formula is C22H23N3O5. The van der Waals surface area contributed by atoms with Crippen molar-refractivity contribution in [3.63, 3.8) is 0 Å². The molecule has 1 heterocycles. The van der Waals surface area contributed by atoms with Crippen molar-refractivity contribution in [3.05, 3.63) is 66.6 Å². The third-order valence-electron chi connectivity index (χ3n) is 4.41. The lowest BCUT2D eigenvalue weighted by molar-refractivity contribution is 0.0742. The number of rotatable bonds is 9. The number of carbonyl (C=O) groups is 1. The summed E-state index contributed by atoms with van der Waals surface area (Å²) in [5, 5.41) is 4.03. The Balaban J connectivity index is 1.83. The fourth-order valence-corrected chi connectivity index (χ4v) is 2.94. The van der Waals surface area contributed by atoms with Gasteiger partial charge in [-0.2, -0.15) is 4.98 Å². The summed E-state index contributed by atoms with van der Waals surface area (Å²) in [6.07, 6.45) is 1.64. The maximum absolute atomic E-state index is 13.0. The van der Waals surface area contributed by atoms with Gasteiger partial charge in [-0.05, 0) is 30.3 Å². The molecule has 8 heteroatoms. The highest BCUT2D eigenvalue weighted by molar-refractivity contribution is 5.97. The molecule has 1 amide bonds. The van der Waals surface area contributed by atoms with Gasteiger partial charge in [-0.3, -0.25) is 4.79 Å². The highest BCUT2D eigenvalue weighted by Crippen LogP contribution is 2.31. The first kappa shape index (κ1) is 20.9. The predicted octanol–water partition coefficient (Wildman–Crippen LogP) is 3.59. The van der Waals surface area contributed by atoms with E-state index < -0.39 is 0 Å². The van der Waals surface area contributed by atoms with Crippen LogP contribution in [0.2, 0.25) is 0 Å². The molecule has 0 saturated carbocycles. The van der Waals surface area contributed by atoms with E-state index in [9.17, 15) is 4.79 Å². The van der Waals surface area contributed by atoms with E-state index in [1.807, 2.05) is 0 Å². The van der Waals surface area contributed by atoms with E-state index in [1.54, 1.807) is 67.7 Å². The van der Waals surface area contributed by atoms with Gasteiger partial charge < -0.3 is 23.6 Å². The second-order valence-electron chi connectivity index (χ2n) is 6.26. The topological polar surface area (TPSA) is 86.9 Å². The molecule has 1 aromatic heterocycles. The molecule has 8 nitrogen and oxygen atoms in total. The van der Waals surface area contributed by atoms with Crippen molar-refractivity contribution < 1.29 is 23.5 Å². The molecule has 3 rings (SSSR count). The summed E-state index contributed by atoms with van der Waals surface area (Å²) in [7, 11) is 4.65. The lowest BCUT2D eigenvalue weighted by atomic mass is 10.1. The maximum atomic E-state index is 13.0. The van der Waals surface area contributed by atoms with E-state index in [-0.39, 0.29) is 12.5 Å². The first-order chi connectivity index (χ1) is 14.6. The fourth-order valence-electron chi connectivity index (χ4n) is 2.94. The summed E-state index contributed by atoms with van der Waals surface area (Å²) in [5.41, 5.74) is 1.15. The average Bonchev–Trinajstić information content (AvgIpc) is 3.26. The van der Waals surface area contributed by atoms with Crippen LogP contribution in [0.3, 0.4) is 0 Å². The molecule has 0 atom stereocenters. The van der Waals surface area contributed by atoms with Gasteiger partial charge in [0.15, 0.2) is 11.5 Å². The number of hydrogen-bond donors (Lipinski definition) is 0. The average molecular weight is 409 g/mol. The molecule has 0 aliphatic rings. The Bertz CT molecular complexity index is 1030. The van der Waals surface area contributed by atoms with Gasteiger partial charge in [0.2, 0.25) is 11.7 Å². The van der Waals surface area contributed by atoms with Gasteiger partial charge in [-0.15, -0.1) is 6.58 Å². The van der Waals surface area contributed by atoms with Gasteiger partial charge in [0.1, 0.15) is 12.3 Å². The second-order valence-corrected chi connectivity index (χ2v) is 6.26. The quantitative estimate of drug-likeness (QED) is 0.499. The number of para-hydroxylation sites is 1. The van der Waals surface area contributed by atoms with Crippen LogP contribution < -0.4 is 14.2 Å². The Labute approximate surface area is 174 Å². The van der Waals surface area contributed by atoms with Crippen molar-refractivity contribution >= 4 is 5.91 Å². The molecule has 0 bridgehead atoms. The minimum absolute atomic E-state index is 0.128. The monoisotopic (exact) mass is 409 g/mol. The van der Waals surface area contributed by atoms with E-state index in [4.69, 9.17) is 18.7 Å². The number of benzene rings is 2. The van der Waals surface area contributed by atoms with Crippen LogP contribution in [0.4, 0.5) is 0 Å². The van der Waals surface area contributed by atoms with E-state index in [0.29, 0.717) is 46.6 Å². The van der Waals surface area contributed by atoms with Crippen molar-refractivity contribution in [1.82, 2.24) is 15.0 Å². The Morgan fingerprint density at radius 3 is 2.50 bits per heavy atom. The minimum atomic E-state index is -0.224. The Hall–Kier alpha value is -3.81. The van der Waals surface area contributed by atoms with Crippen molar-refractivity contribution in [2.75, 3.05) is 27.9 Å². The van der Waals surface area contributed by atoms with E-state index in [2.05, 4.69) is 16.7 Å². The predicted molar refractivity (Wildman–Crippen MR) is 111 cm³/mol. The molecule has 0 N–H and O–H groups in total. The molecule has 3 aromatic rings. The van der Waals surface area contributed by atoms with Crippen molar-refractivity contribution in [3.8, 4) is 28.6 Å². The molecule has 0 unspecified atom stereocenters. The molecule has 2 aromatic carbocycles. The SMILES string of the molecule is C=CCN(Cc1nc(-c2ccc(OC)c(OC)c2)no1)C(=O)c1ccccc1OC. The zero-order chi connectivity index (χ0) is 21.5. The molecule has 156 valence electrons. The summed E-state index contributed by atoms with van der Waals surface area (Å²) in [5.74, 6) is 2.11. The molecule has 30 heavy (non-hydrogen) atoms. The van der Waals surface area contributed by atoms with Crippen LogP contribution in [0.1, 0.15) is 16.2 Å². The largest absolute Gasteiger partial charge is 0.496 e. The summed E-state index contributed by atoms with van der Waals surface area (Å²) in [6, 6.07) is 12.4. The number of aromatic nitrogens is 2. The Kier molecular flexibility index (Phi) is 6.69. The molecule has 0 spiro atoms. The lowest BCUT2D eigenvalue weighted by Gasteiger charge is -2.20. The van der Waals surface area contributed by atoms with Crippen molar-refractivity contribution in [1.29, 1.82) is 0 Å². The normalized spacial score (nSPS) is 10.4. The molecule has 0 aliphatic heterocycles. The molecule has 0 aliphatic carbocycles. The maximum Gasteiger partial charge on any atom is 0.258 e. The van der Waals surface area contributed by atoms with Crippen LogP contribution in [0, 0.1) is 0 Å². The van der Waals surface area contributed by atoms with Crippen LogP contribution in [-0.4, -0.2) is 48.8 Å². The van der Waals surface area contributed by atoms with E-state index in [0.717, 1.165) is 0 Å². The molecular weight excluding hydrogens is 386 g/mol. The molecule has 0 fully saturated rings. The van der Waals surface area contributed by atoms with Gasteiger partial charge in [0, 0.05) is 12.1 Å². The van der Waals surface area contributed by atoms with Gasteiger partial charge in [-0.25, -0.2) is 0 Å². The number of hydrogen-bond acceptors (Lipinski definition) is 7. The number of ether oxygens (including phenoxy) is 3. The summed E-state index contributed by atoms with van der Waals surface area (Å²) in [6.45, 7) is 4.17. The number of methoxy groups -OCH3 is 3.